The summed E-state index contributed by atoms with van der Waals surface area (Å²) in [6, 6.07) is 0. The summed E-state index contributed by atoms with van der Waals surface area (Å²) in [4.78, 5) is 17.1. The molecule has 0 unspecified atom stereocenters. The molecule has 27 heavy (non-hydrogen) atoms. The third kappa shape index (κ3) is 2.77. The molecule has 0 radical (unpaired) electrons. The number of rotatable bonds is 4. The quantitative estimate of drug-likeness (QED) is 0.695. The van der Waals surface area contributed by atoms with Gasteiger partial charge in [-0.3, -0.25) is 4.40 Å². The molecule has 9 heteroatoms. The number of aromatic nitrogens is 6. The molecule has 3 aromatic heterocycles. The first kappa shape index (κ1) is 16.3. The molecule has 8 nitrogen and oxygen atoms in total. The first-order valence-electron chi connectivity index (χ1n) is 9.45. The number of hydrogen-bond acceptors (Lipinski definition) is 7. The summed E-state index contributed by atoms with van der Waals surface area (Å²) in [6.45, 7) is 4.86. The van der Waals surface area contributed by atoms with Gasteiger partial charge in [0.05, 0.1) is 5.69 Å². The Kier molecular flexibility index (Phi) is 3.87. The maximum atomic E-state index is 14.8. The molecule has 0 atom stereocenters. The SMILES string of the molecule is CCc1nnc2c(N3CCN(c4ncnc(C5CC5)c4F)CC3)nccn12. The molecular formula is C18H21FN8. The van der Waals surface area contributed by atoms with E-state index in [9.17, 15) is 4.39 Å². The summed E-state index contributed by atoms with van der Waals surface area (Å²) in [5.74, 6) is 2.19. The highest BCUT2D eigenvalue weighted by atomic mass is 19.1. The number of anilines is 2. The van der Waals surface area contributed by atoms with Crippen LogP contribution in [-0.4, -0.2) is 55.7 Å². The Morgan fingerprint density at radius 2 is 1.74 bits per heavy atom. The Labute approximate surface area is 156 Å². The minimum absolute atomic E-state index is 0.251. The third-order valence-electron chi connectivity index (χ3n) is 5.34. The van der Waals surface area contributed by atoms with Crippen molar-refractivity contribution in [2.45, 2.75) is 32.1 Å². The zero-order valence-corrected chi connectivity index (χ0v) is 15.2. The van der Waals surface area contributed by atoms with Crippen LogP contribution in [0.4, 0.5) is 16.0 Å². The zero-order chi connectivity index (χ0) is 18.4. The van der Waals surface area contributed by atoms with Crippen LogP contribution in [0.3, 0.4) is 0 Å². The lowest BCUT2D eigenvalue weighted by atomic mass is 10.2. The first-order valence-corrected chi connectivity index (χ1v) is 9.45. The van der Waals surface area contributed by atoms with Crippen molar-refractivity contribution < 1.29 is 4.39 Å². The van der Waals surface area contributed by atoms with Crippen molar-refractivity contribution in [1.29, 1.82) is 0 Å². The number of fused-ring (bicyclic) bond motifs is 1. The molecule has 0 N–H and O–H groups in total. The lowest BCUT2D eigenvalue weighted by Crippen LogP contribution is -2.47. The van der Waals surface area contributed by atoms with Gasteiger partial charge in [0.15, 0.2) is 17.5 Å². The molecule has 4 heterocycles. The molecule has 2 fully saturated rings. The van der Waals surface area contributed by atoms with Gasteiger partial charge in [-0.2, -0.15) is 0 Å². The van der Waals surface area contributed by atoms with Gasteiger partial charge < -0.3 is 9.80 Å². The van der Waals surface area contributed by atoms with Gasteiger partial charge in [-0.15, -0.1) is 10.2 Å². The lowest BCUT2D eigenvalue weighted by Gasteiger charge is -2.36. The predicted molar refractivity (Wildman–Crippen MR) is 98.6 cm³/mol. The van der Waals surface area contributed by atoms with Crippen molar-refractivity contribution in [3.63, 3.8) is 0 Å². The van der Waals surface area contributed by atoms with Crippen LogP contribution in [0.5, 0.6) is 0 Å². The van der Waals surface area contributed by atoms with Crippen molar-refractivity contribution >= 4 is 17.3 Å². The van der Waals surface area contributed by atoms with Crippen LogP contribution in [0, 0.1) is 5.82 Å². The Morgan fingerprint density at radius 3 is 2.44 bits per heavy atom. The average molecular weight is 368 g/mol. The minimum Gasteiger partial charge on any atom is -0.351 e. The van der Waals surface area contributed by atoms with Crippen molar-refractivity contribution in [3.05, 3.63) is 36.1 Å². The molecule has 0 bridgehead atoms. The van der Waals surface area contributed by atoms with Crippen molar-refractivity contribution in [3.8, 4) is 0 Å². The van der Waals surface area contributed by atoms with E-state index >= 15 is 0 Å². The zero-order valence-electron chi connectivity index (χ0n) is 15.2. The van der Waals surface area contributed by atoms with Crippen LogP contribution >= 0.6 is 0 Å². The number of aryl methyl sites for hydroxylation is 1. The topological polar surface area (TPSA) is 75.3 Å². The molecule has 2 aliphatic rings. The molecule has 0 amide bonds. The molecule has 1 aliphatic heterocycles. The van der Waals surface area contributed by atoms with Crippen LogP contribution < -0.4 is 9.80 Å². The summed E-state index contributed by atoms with van der Waals surface area (Å²) in [6.07, 6.45) is 8.02. The number of piperazine rings is 1. The summed E-state index contributed by atoms with van der Waals surface area (Å²) in [5, 5.41) is 8.55. The molecule has 3 aromatic rings. The Bertz CT molecular complexity index is 975. The second kappa shape index (κ2) is 6.40. The standard InChI is InChI=1S/C18H21FN8/c1-2-13-23-24-18-17(20-5-6-27(13)18)26-9-7-25(8-10-26)16-14(19)15(12-3-4-12)21-11-22-16/h5-6,11-12H,2-4,7-10H2,1H3. The number of nitrogens with zero attached hydrogens (tertiary/aromatic N) is 8. The third-order valence-corrected chi connectivity index (χ3v) is 5.34. The van der Waals surface area contributed by atoms with Gasteiger partial charge in [-0.25, -0.2) is 19.3 Å². The molecule has 5 rings (SSSR count). The minimum atomic E-state index is -0.251. The highest BCUT2D eigenvalue weighted by Crippen LogP contribution is 2.41. The monoisotopic (exact) mass is 368 g/mol. The van der Waals surface area contributed by atoms with Crippen LogP contribution in [0.1, 0.15) is 37.2 Å². The summed E-state index contributed by atoms with van der Waals surface area (Å²) >= 11 is 0. The van der Waals surface area contributed by atoms with Crippen LogP contribution in [-0.2, 0) is 6.42 Å². The average Bonchev–Trinajstić information content (AvgIpc) is 3.46. The van der Waals surface area contributed by atoms with Crippen molar-refractivity contribution in [2.24, 2.45) is 0 Å². The molecule has 1 saturated heterocycles. The summed E-state index contributed by atoms with van der Waals surface area (Å²) in [7, 11) is 0. The highest BCUT2D eigenvalue weighted by molar-refractivity contribution is 5.64. The fourth-order valence-electron chi connectivity index (χ4n) is 3.69. The number of halogens is 1. The van der Waals surface area contributed by atoms with Crippen molar-refractivity contribution in [1.82, 2.24) is 29.5 Å². The van der Waals surface area contributed by atoms with E-state index in [0.717, 1.165) is 49.6 Å². The first-order chi connectivity index (χ1) is 13.3. The molecule has 0 aromatic carbocycles. The van der Waals surface area contributed by atoms with Gasteiger partial charge in [-0.1, -0.05) is 6.92 Å². The molecule has 0 spiro atoms. The van der Waals surface area contributed by atoms with Crippen LogP contribution in [0.25, 0.3) is 5.65 Å². The fraction of sp³-hybridized carbons (Fsp3) is 0.500. The predicted octanol–water partition coefficient (Wildman–Crippen LogP) is 1.82. The summed E-state index contributed by atoms with van der Waals surface area (Å²) < 4.78 is 16.8. The summed E-state index contributed by atoms with van der Waals surface area (Å²) in [5.41, 5.74) is 1.34. The van der Waals surface area contributed by atoms with Crippen LogP contribution in [0.2, 0.25) is 0 Å². The van der Waals surface area contributed by atoms with Gasteiger partial charge in [0.2, 0.25) is 5.65 Å². The van der Waals surface area contributed by atoms with Gasteiger partial charge in [0.25, 0.3) is 0 Å². The fourth-order valence-corrected chi connectivity index (χ4v) is 3.69. The Hall–Kier alpha value is -2.84. The second-order valence-corrected chi connectivity index (χ2v) is 7.06. The molecule has 1 aliphatic carbocycles. The molecule has 1 saturated carbocycles. The van der Waals surface area contributed by atoms with Gasteiger partial charge in [0.1, 0.15) is 12.2 Å². The number of hydrogen-bond donors (Lipinski definition) is 0. The van der Waals surface area contributed by atoms with Crippen molar-refractivity contribution in [2.75, 3.05) is 36.0 Å². The van der Waals surface area contributed by atoms with E-state index in [-0.39, 0.29) is 11.7 Å². The van der Waals surface area contributed by atoms with Gasteiger partial charge >= 0.3 is 0 Å². The van der Waals surface area contributed by atoms with E-state index in [1.165, 1.54) is 6.33 Å². The maximum absolute atomic E-state index is 14.8. The Balaban J connectivity index is 1.37. The normalized spacial score (nSPS) is 17.7. The van der Waals surface area contributed by atoms with E-state index in [0.29, 0.717) is 24.6 Å². The van der Waals surface area contributed by atoms with E-state index in [1.807, 2.05) is 15.5 Å². The van der Waals surface area contributed by atoms with E-state index < -0.39 is 0 Å². The van der Waals surface area contributed by atoms with E-state index in [2.05, 4.69) is 37.0 Å². The molecular weight excluding hydrogens is 347 g/mol. The Morgan fingerprint density at radius 1 is 1.00 bits per heavy atom. The largest absolute Gasteiger partial charge is 0.351 e. The maximum Gasteiger partial charge on any atom is 0.203 e. The highest BCUT2D eigenvalue weighted by Gasteiger charge is 2.31. The van der Waals surface area contributed by atoms with E-state index in [1.54, 1.807) is 6.20 Å². The second-order valence-electron chi connectivity index (χ2n) is 7.06. The van der Waals surface area contributed by atoms with Crippen LogP contribution in [0.15, 0.2) is 18.7 Å². The lowest BCUT2D eigenvalue weighted by molar-refractivity contribution is 0.566. The van der Waals surface area contributed by atoms with Gasteiger partial charge in [-0.05, 0) is 12.8 Å². The molecule has 140 valence electrons. The van der Waals surface area contributed by atoms with E-state index in [4.69, 9.17) is 0 Å². The smallest absolute Gasteiger partial charge is 0.203 e. The van der Waals surface area contributed by atoms with Gasteiger partial charge in [0, 0.05) is 50.9 Å².